The van der Waals surface area contributed by atoms with Gasteiger partial charge in [0.1, 0.15) is 5.82 Å². The molecule has 4 aromatic rings. The molecule has 0 aliphatic carbocycles. The Hall–Kier alpha value is -3.96. The summed E-state index contributed by atoms with van der Waals surface area (Å²) in [6.45, 7) is 1.54. The van der Waals surface area contributed by atoms with Crippen molar-refractivity contribution in [1.29, 1.82) is 0 Å². The van der Waals surface area contributed by atoms with Crippen LogP contribution in [0.1, 0.15) is 15.9 Å². The lowest BCUT2D eigenvalue weighted by Gasteiger charge is -2.13. The first-order chi connectivity index (χ1) is 16.0. The van der Waals surface area contributed by atoms with E-state index in [0.717, 1.165) is 6.07 Å². The van der Waals surface area contributed by atoms with Gasteiger partial charge in [0.15, 0.2) is 0 Å². The zero-order valence-corrected chi connectivity index (χ0v) is 19.0. The van der Waals surface area contributed by atoms with Gasteiger partial charge in [-0.1, -0.05) is 23.7 Å². The highest BCUT2D eigenvalue weighted by atomic mass is 35.5. The van der Waals surface area contributed by atoms with Gasteiger partial charge in [-0.2, -0.15) is 0 Å². The smallest absolute Gasteiger partial charge is 0.314 e. The third-order valence-electron chi connectivity index (χ3n) is 5.07. The number of halogens is 2. The van der Waals surface area contributed by atoms with Crippen molar-refractivity contribution >= 4 is 44.3 Å². The maximum absolute atomic E-state index is 13.8. The fourth-order valence-corrected chi connectivity index (χ4v) is 5.04. The molecule has 0 saturated carbocycles. The first kappa shape index (κ1) is 23.2. The number of fused-ring (bicyclic) bond motifs is 1. The summed E-state index contributed by atoms with van der Waals surface area (Å²) >= 11 is 6.33. The number of anilines is 1. The average molecular weight is 503 g/mol. The Labute approximate surface area is 196 Å². The number of amides is 1. The van der Waals surface area contributed by atoms with Gasteiger partial charge in [-0.25, -0.2) is 12.8 Å². The summed E-state index contributed by atoms with van der Waals surface area (Å²) in [5.41, 5.74) is 4.86. The molecule has 12 heteroatoms. The number of primary amides is 1. The van der Waals surface area contributed by atoms with Crippen molar-refractivity contribution in [2.45, 2.75) is 11.8 Å². The van der Waals surface area contributed by atoms with E-state index in [-0.39, 0.29) is 32.2 Å². The number of aromatic nitrogens is 2. The highest BCUT2D eigenvalue weighted by Crippen LogP contribution is 2.32. The highest BCUT2D eigenvalue weighted by molar-refractivity contribution is 7.92. The van der Waals surface area contributed by atoms with E-state index in [0.29, 0.717) is 16.7 Å². The highest BCUT2D eigenvalue weighted by Gasteiger charge is 2.20. The third kappa shape index (κ3) is 4.30. The first-order valence-electron chi connectivity index (χ1n) is 9.65. The number of aryl methyl sites for hydroxylation is 1. The monoisotopic (exact) mass is 502 g/mol. The molecule has 1 amide bonds. The molecule has 34 heavy (non-hydrogen) atoms. The number of nitrogens with two attached hydrogens (primary N) is 1. The van der Waals surface area contributed by atoms with Gasteiger partial charge in [0.05, 0.1) is 32.2 Å². The predicted molar refractivity (Wildman–Crippen MR) is 126 cm³/mol. The van der Waals surface area contributed by atoms with Crippen LogP contribution in [0.25, 0.3) is 22.2 Å². The lowest BCUT2D eigenvalue weighted by atomic mass is 10.0. The Balaban J connectivity index is 1.70. The molecule has 0 atom stereocenters. The quantitative estimate of drug-likeness (QED) is 0.309. The lowest BCUT2D eigenvalue weighted by Crippen LogP contribution is -2.29. The van der Waals surface area contributed by atoms with E-state index < -0.39 is 32.9 Å². The van der Waals surface area contributed by atoms with Gasteiger partial charge < -0.3 is 15.7 Å². The Morgan fingerprint density at radius 3 is 2.26 bits per heavy atom. The summed E-state index contributed by atoms with van der Waals surface area (Å²) in [6.07, 6.45) is 0. The number of benzene rings is 3. The maximum atomic E-state index is 13.8. The van der Waals surface area contributed by atoms with Gasteiger partial charge in [0.25, 0.3) is 15.9 Å². The van der Waals surface area contributed by atoms with E-state index in [9.17, 15) is 27.2 Å². The van der Waals surface area contributed by atoms with E-state index >= 15 is 0 Å². The Morgan fingerprint density at radius 2 is 1.65 bits per heavy atom. The molecular weight excluding hydrogens is 487 g/mol. The van der Waals surface area contributed by atoms with Crippen LogP contribution in [0.15, 0.2) is 63.0 Å². The molecule has 0 saturated heterocycles. The summed E-state index contributed by atoms with van der Waals surface area (Å²) in [4.78, 5) is 39.1. The van der Waals surface area contributed by atoms with E-state index in [1.54, 1.807) is 6.92 Å². The zero-order valence-electron chi connectivity index (χ0n) is 17.4. The zero-order chi connectivity index (χ0) is 24.8. The number of H-pyrrole nitrogens is 2. The Bertz CT molecular complexity index is 1710. The largest absolute Gasteiger partial charge is 0.366 e. The molecule has 3 aromatic carbocycles. The average Bonchev–Trinajstić information content (AvgIpc) is 2.74. The minimum Gasteiger partial charge on any atom is -0.366 e. The van der Waals surface area contributed by atoms with Crippen LogP contribution in [-0.2, 0) is 10.0 Å². The molecule has 0 unspecified atom stereocenters. The van der Waals surface area contributed by atoms with Gasteiger partial charge in [-0.15, -0.1) is 0 Å². The van der Waals surface area contributed by atoms with Gasteiger partial charge in [0, 0.05) is 5.56 Å². The summed E-state index contributed by atoms with van der Waals surface area (Å²) in [6, 6.07) is 10.7. The van der Waals surface area contributed by atoms with Gasteiger partial charge in [-0.3, -0.25) is 19.1 Å². The van der Waals surface area contributed by atoms with Crippen LogP contribution in [0.5, 0.6) is 0 Å². The van der Waals surface area contributed by atoms with Crippen molar-refractivity contribution in [3.63, 3.8) is 0 Å². The van der Waals surface area contributed by atoms with Crippen LogP contribution in [0.2, 0.25) is 5.02 Å². The molecule has 0 aliphatic rings. The molecule has 4 rings (SSSR count). The van der Waals surface area contributed by atoms with Crippen LogP contribution in [0, 0.1) is 12.7 Å². The number of carbonyl (C=O) groups excluding carboxylic acids is 1. The predicted octanol–water partition coefficient (Wildman–Crippen LogP) is 2.88. The second-order valence-electron chi connectivity index (χ2n) is 7.43. The van der Waals surface area contributed by atoms with E-state index in [4.69, 9.17) is 17.3 Å². The van der Waals surface area contributed by atoms with E-state index in [2.05, 4.69) is 14.7 Å². The molecule has 1 aromatic heterocycles. The second kappa shape index (κ2) is 8.43. The maximum Gasteiger partial charge on any atom is 0.314 e. The number of aromatic amines is 2. The van der Waals surface area contributed by atoms with Crippen LogP contribution in [0.3, 0.4) is 0 Å². The summed E-state index contributed by atoms with van der Waals surface area (Å²) < 4.78 is 42.2. The van der Waals surface area contributed by atoms with E-state index in [1.807, 2.05) is 0 Å². The molecule has 0 spiro atoms. The number of nitrogens with one attached hydrogen (secondary N) is 3. The molecule has 0 fully saturated rings. The number of rotatable bonds is 5. The van der Waals surface area contributed by atoms with Crippen LogP contribution in [0.4, 0.5) is 10.1 Å². The van der Waals surface area contributed by atoms with Crippen LogP contribution in [-0.4, -0.2) is 24.3 Å². The number of hydrogen-bond donors (Lipinski definition) is 4. The topological polar surface area (TPSA) is 155 Å². The van der Waals surface area contributed by atoms with Crippen LogP contribution < -0.4 is 21.6 Å². The SMILES string of the molecule is Cc1cc2[nH]c(=O)c(=O)[nH]c2cc1S(=O)(=O)Nc1ccc(-c2ccc(F)c(C(N)=O)c2)c(Cl)c1. The van der Waals surface area contributed by atoms with E-state index in [1.165, 1.54) is 42.5 Å². The minimum atomic E-state index is -4.11. The molecule has 0 aliphatic heterocycles. The normalized spacial score (nSPS) is 11.5. The van der Waals surface area contributed by atoms with Crippen molar-refractivity contribution in [3.05, 3.63) is 91.2 Å². The number of sulfonamides is 1. The number of hydrogen-bond acceptors (Lipinski definition) is 5. The Morgan fingerprint density at radius 1 is 1.00 bits per heavy atom. The molecule has 0 radical (unpaired) electrons. The fourth-order valence-electron chi connectivity index (χ4n) is 3.45. The van der Waals surface area contributed by atoms with Gasteiger partial charge in [-0.05, 0) is 54.4 Å². The molecule has 0 bridgehead atoms. The standard InChI is InChI=1S/C22H16ClFN4O5S/c1-10-6-17-18(27-22(31)21(30)26-17)9-19(10)34(32,33)28-12-3-4-13(15(23)8-12)11-2-5-16(24)14(7-11)20(25)29/h2-9,28H,1H3,(H2,25,29)(H,26,30)(H,27,31). The molecule has 174 valence electrons. The third-order valence-corrected chi connectivity index (χ3v) is 6.91. The van der Waals surface area contributed by atoms with Crippen molar-refractivity contribution in [2.75, 3.05) is 4.72 Å². The van der Waals surface area contributed by atoms with Crippen LogP contribution >= 0.6 is 11.6 Å². The van der Waals surface area contributed by atoms with Crippen molar-refractivity contribution < 1.29 is 17.6 Å². The Kier molecular flexibility index (Phi) is 5.75. The van der Waals surface area contributed by atoms with Gasteiger partial charge >= 0.3 is 11.1 Å². The van der Waals surface area contributed by atoms with Gasteiger partial charge in [0.2, 0.25) is 0 Å². The summed E-state index contributed by atoms with van der Waals surface area (Å²) in [7, 11) is -4.11. The van der Waals surface area contributed by atoms with Crippen molar-refractivity contribution in [2.24, 2.45) is 5.73 Å². The summed E-state index contributed by atoms with van der Waals surface area (Å²) in [5, 5.41) is 0.138. The first-order valence-corrected chi connectivity index (χ1v) is 11.5. The minimum absolute atomic E-state index is 0.118. The lowest BCUT2D eigenvalue weighted by molar-refractivity contribution is 0.0996. The molecule has 1 heterocycles. The number of carbonyl (C=O) groups is 1. The summed E-state index contributed by atoms with van der Waals surface area (Å²) in [5.74, 6) is -1.70. The molecule has 9 nitrogen and oxygen atoms in total. The molecular formula is C22H16ClFN4O5S. The molecule has 5 N–H and O–H groups in total. The van der Waals surface area contributed by atoms with Crippen molar-refractivity contribution in [3.8, 4) is 11.1 Å². The fraction of sp³-hybridized carbons (Fsp3) is 0.0455. The van der Waals surface area contributed by atoms with Crippen molar-refractivity contribution in [1.82, 2.24) is 9.97 Å². The second-order valence-corrected chi connectivity index (χ2v) is 9.49.